The average molecular weight is 321 g/mol. The minimum Gasteiger partial charge on any atom is -0.493 e. The third kappa shape index (κ3) is 4.15. The fraction of sp³-hybridized carbons (Fsp3) is 0.235. The summed E-state index contributed by atoms with van der Waals surface area (Å²) < 4.78 is 16.0. The quantitative estimate of drug-likeness (QED) is 0.752. The van der Waals surface area contributed by atoms with E-state index in [1.165, 1.54) is 7.11 Å². The summed E-state index contributed by atoms with van der Waals surface area (Å²) in [5.74, 6) is 0.644. The highest BCUT2D eigenvalue weighted by Gasteiger charge is 2.12. The van der Waals surface area contributed by atoms with E-state index >= 15 is 0 Å². The molecule has 0 radical (unpaired) electrons. The van der Waals surface area contributed by atoms with Crippen molar-refractivity contribution in [3.8, 4) is 11.5 Å². The summed E-state index contributed by atoms with van der Waals surface area (Å²) in [7, 11) is 1.52. The molecule has 4 nitrogen and oxygen atoms in total. The van der Waals surface area contributed by atoms with E-state index < -0.39 is 0 Å². The van der Waals surface area contributed by atoms with Gasteiger partial charge in [0, 0.05) is 5.02 Å². The largest absolute Gasteiger partial charge is 0.493 e. The Bertz CT molecular complexity index is 655. The number of hydrogen-bond donors (Lipinski definition) is 0. The van der Waals surface area contributed by atoms with Crippen LogP contribution in [0.3, 0.4) is 0 Å². The second kappa shape index (κ2) is 7.71. The van der Waals surface area contributed by atoms with Crippen molar-refractivity contribution in [3.63, 3.8) is 0 Å². The molecule has 0 N–H and O–H groups in total. The predicted molar refractivity (Wildman–Crippen MR) is 84.7 cm³/mol. The molecule has 0 unspecified atom stereocenters. The molecule has 0 spiro atoms. The lowest BCUT2D eigenvalue weighted by atomic mass is 10.2. The van der Waals surface area contributed by atoms with Crippen molar-refractivity contribution in [1.82, 2.24) is 0 Å². The molecule has 0 atom stereocenters. The second-order valence-corrected chi connectivity index (χ2v) is 4.94. The zero-order valence-corrected chi connectivity index (χ0v) is 13.2. The summed E-state index contributed by atoms with van der Waals surface area (Å²) in [5, 5.41) is 0.658. The lowest BCUT2D eigenvalue weighted by Crippen LogP contribution is -2.05. The van der Waals surface area contributed by atoms with Gasteiger partial charge < -0.3 is 14.2 Å². The predicted octanol–water partition coefficient (Wildman–Crippen LogP) is 4.10. The maximum absolute atomic E-state index is 11.7. The van der Waals surface area contributed by atoms with Gasteiger partial charge in [0.1, 0.15) is 6.61 Å². The van der Waals surface area contributed by atoms with E-state index in [0.717, 1.165) is 5.56 Å². The average Bonchev–Trinajstić information content (AvgIpc) is 2.53. The minimum atomic E-state index is -0.387. The van der Waals surface area contributed by atoms with Crippen molar-refractivity contribution in [2.75, 3.05) is 13.7 Å². The van der Waals surface area contributed by atoms with Crippen molar-refractivity contribution in [3.05, 3.63) is 58.6 Å². The standard InChI is InChI=1S/C17H17ClO4/c1-3-21-17(19)13-7-8-15(16(10-13)20-2)22-11-12-5-4-6-14(18)9-12/h4-10H,3,11H2,1-2H3. The van der Waals surface area contributed by atoms with Crippen LogP contribution in [0.15, 0.2) is 42.5 Å². The molecule has 0 amide bonds. The van der Waals surface area contributed by atoms with E-state index in [2.05, 4.69) is 0 Å². The summed E-state index contributed by atoms with van der Waals surface area (Å²) in [6.07, 6.45) is 0. The van der Waals surface area contributed by atoms with Crippen LogP contribution in [-0.2, 0) is 11.3 Å². The minimum absolute atomic E-state index is 0.328. The van der Waals surface area contributed by atoms with Gasteiger partial charge in [-0.1, -0.05) is 23.7 Å². The zero-order valence-electron chi connectivity index (χ0n) is 12.5. The van der Waals surface area contributed by atoms with Gasteiger partial charge in [-0.15, -0.1) is 0 Å². The third-order valence-electron chi connectivity index (χ3n) is 2.96. The molecule has 0 heterocycles. The zero-order chi connectivity index (χ0) is 15.9. The van der Waals surface area contributed by atoms with Crippen LogP contribution in [-0.4, -0.2) is 19.7 Å². The molecule has 0 fully saturated rings. The van der Waals surface area contributed by atoms with Crippen LogP contribution in [0.4, 0.5) is 0 Å². The van der Waals surface area contributed by atoms with Gasteiger partial charge in [-0.3, -0.25) is 0 Å². The van der Waals surface area contributed by atoms with Crippen LogP contribution in [0.5, 0.6) is 11.5 Å². The normalized spacial score (nSPS) is 10.1. The Hall–Kier alpha value is -2.20. The van der Waals surface area contributed by atoms with Crippen LogP contribution < -0.4 is 9.47 Å². The molecule has 0 aliphatic rings. The van der Waals surface area contributed by atoms with Crippen molar-refractivity contribution in [2.24, 2.45) is 0 Å². The molecular weight excluding hydrogens is 304 g/mol. The number of hydrogen-bond acceptors (Lipinski definition) is 4. The van der Waals surface area contributed by atoms with Gasteiger partial charge in [0.05, 0.1) is 19.3 Å². The summed E-state index contributed by atoms with van der Waals surface area (Å²) in [6.45, 7) is 2.45. The number of halogens is 1. The van der Waals surface area contributed by atoms with Gasteiger partial charge in [-0.05, 0) is 42.8 Å². The SMILES string of the molecule is CCOC(=O)c1ccc(OCc2cccc(Cl)c2)c(OC)c1. The van der Waals surface area contributed by atoms with E-state index in [1.54, 1.807) is 31.2 Å². The highest BCUT2D eigenvalue weighted by atomic mass is 35.5. The number of esters is 1. The molecular formula is C17H17ClO4. The van der Waals surface area contributed by atoms with Crippen molar-refractivity contribution in [2.45, 2.75) is 13.5 Å². The smallest absolute Gasteiger partial charge is 0.338 e. The number of carbonyl (C=O) groups excluding carboxylic acids is 1. The van der Waals surface area contributed by atoms with E-state index in [-0.39, 0.29) is 5.97 Å². The highest BCUT2D eigenvalue weighted by molar-refractivity contribution is 6.30. The Morgan fingerprint density at radius 1 is 1.14 bits per heavy atom. The van der Waals surface area contributed by atoms with Crippen molar-refractivity contribution < 1.29 is 19.0 Å². The fourth-order valence-electron chi connectivity index (χ4n) is 1.92. The van der Waals surface area contributed by atoms with Gasteiger partial charge in [0.2, 0.25) is 0 Å². The first-order chi connectivity index (χ1) is 10.6. The Balaban J connectivity index is 2.12. The van der Waals surface area contributed by atoms with E-state index in [9.17, 15) is 4.79 Å². The van der Waals surface area contributed by atoms with Gasteiger partial charge in [-0.25, -0.2) is 4.79 Å². The lowest BCUT2D eigenvalue weighted by molar-refractivity contribution is 0.0526. The third-order valence-corrected chi connectivity index (χ3v) is 3.19. The number of rotatable bonds is 6. The maximum Gasteiger partial charge on any atom is 0.338 e. The number of benzene rings is 2. The maximum atomic E-state index is 11.7. The Morgan fingerprint density at radius 2 is 1.95 bits per heavy atom. The number of ether oxygens (including phenoxy) is 3. The first-order valence-electron chi connectivity index (χ1n) is 6.86. The van der Waals surface area contributed by atoms with E-state index in [0.29, 0.717) is 35.3 Å². The summed E-state index contributed by atoms with van der Waals surface area (Å²) in [4.78, 5) is 11.7. The van der Waals surface area contributed by atoms with Crippen molar-refractivity contribution in [1.29, 1.82) is 0 Å². The molecule has 2 aromatic rings. The van der Waals surface area contributed by atoms with Crippen LogP contribution in [0, 0.1) is 0 Å². The molecule has 22 heavy (non-hydrogen) atoms. The molecule has 116 valence electrons. The number of carbonyl (C=O) groups is 1. The lowest BCUT2D eigenvalue weighted by Gasteiger charge is -2.12. The van der Waals surface area contributed by atoms with E-state index in [4.69, 9.17) is 25.8 Å². The van der Waals surface area contributed by atoms with Crippen LogP contribution in [0.25, 0.3) is 0 Å². The Morgan fingerprint density at radius 3 is 2.64 bits per heavy atom. The first-order valence-corrected chi connectivity index (χ1v) is 7.24. The molecule has 2 rings (SSSR count). The van der Waals surface area contributed by atoms with E-state index in [1.807, 2.05) is 18.2 Å². The Kier molecular flexibility index (Phi) is 5.67. The molecule has 0 aliphatic heterocycles. The Labute approximate surface area is 134 Å². The second-order valence-electron chi connectivity index (χ2n) is 4.50. The molecule has 0 saturated carbocycles. The first kappa shape index (κ1) is 16.2. The van der Waals surface area contributed by atoms with Crippen LogP contribution >= 0.6 is 11.6 Å². The molecule has 2 aromatic carbocycles. The topological polar surface area (TPSA) is 44.8 Å². The molecule has 5 heteroatoms. The molecule has 0 aliphatic carbocycles. The van der Waals surface area contributed by atoms with Gasteiger partial charge in [0.15, 0.2) is 11.5 Å². The number of methoxy groups -OCH3 is 1. The van der Waals surface area contributed by atoms with Crippen molar-refractivity contribution >= 4 is 17.6 Å². The molecule has 0 bridgehead atoms. The summed E-state index contributed by atoms with van der Waals surface area (Å²) in [5.41, 5.74) is 1.37. The summed E-state index contributed by atoms with van der Waals surface area (Å²) in [6, 6.07) is 12.4. The van der Waals surface area contributed by atoms with Crippen LogP contribution in [0.1, 0.15) is 22.8 Å². The molecule has 0 aromatic heterocycles. The summed E-state index contributed by atoms with van der Waals surface area (Å²) >= 11 is 5.94. The van der Waals surface area contributed by atoms with Gasteiger partial charge in [0.25, 0.3) is 0 Å². The monoisotopic (exact) mass is 320 g/mol. The van der Waals surface area contributed by atoms with Gasteiger partial charge in [-0.2, -0.15) is 0 Å². The highest BCUT2D eigenvalue weighted by Crippen LogP contribution is 2.29. The van der Waals surface area contributed by atoms with Crippen LogP contribution in [0.2, 0.25) is 5.02 Å². The molecule has 0 saturated heterocycles. The fourth-order valence-corrected chi connectivity index (χ4v) is 2.13. The van der Waals surface area contributed by atoms with Gasteiger partial charge >= 0.3 is 5.97 Å².